The van der Waals surface area contributed by atoms with E-state index in [1.165, 1.54) is 26.0 Å². The lowest BCUT2D eigenvalue weighted by Crippen LogP contribution is -2.45. The van der Waals surface area contributed by atoms with Gasteiger partial charge in [-0.1, -0.05) is 11.5 Å². The van der Waals surface area contributed by atoms with Gasteiger partial charge >= 0.3 is 19.4 Å². The number of aliphatic hydroxyl groups is 1. The number of azide groups is 1. The van der Waals surface area contributed by atoms with Gasteiger partial charge in [0.05, 0.1) is 12.7 Å². The molecule has 4 rings (SSSR count). The zero-order valence-corrected chi connectivity index (χ0v) is 23.8. The molecule has 0 radical (unpaired) electrons. The lowest BCUT2D eigenvalue weighted by Gasteiger charge is -2.28. The highest BCUT2D eigenvalue weighted by atomic mass is 31.2. The number of hydrogen-bond acceptors (Lipinski definition) is 10. The second kappa shape index (κ2) is 13.2. The first kappa shape index (κ1) is 31.4. The quantitative estimate of drug-likeness (QED) is 0.111. The molecule has 228 valence electrons. The van der Waals surface area contributed by atoms with Crippen LogP contribution < -0.4 is 20.9 Å². The number of ether oxygens (including phenoxy) is 2. The van der Waals surface area contributed by atoms with Crippen molar-refractivity contribution in [2.45, 2.75) is 82.1 Å². The molecule has 1 aromatic carbocycles. The van der Waals surface area contributed by atoms with Gasteiger partial charge in [0, 0.05) is 17.2 Å². The molecular weight excluding hydrogens is 578 g/mol. The number of nitrogens with one attached hydrogen (secondary N) is 2. The third-order valence-corrected chi connectivity index (χ3v) is 8.75. The van der Waals surface area contributed by atoms with Gasteiger partial charge in [-0.2, -0.15) is 5.09 Å². The average Bonchev–Trinajstić information content (AvgIpc) is 3.19. The van der Waals surface area contributed by atoms with Gasteiger partial charge < -0.3 is 19.1 Å². The Morgan fingerprint density at radius 1 is 1.31 bits per heavy atom. The van der Waals surface area contributed by atoms with Crippen LogP contribution in [0.1, 0.15) is 52.2 Å². The van der Waals surface area contributed by atoms with E-state index in [0.717, 1.165) is 61.1 Å². The summed E-state index contributed by atoms with van der Waals surface area (Å²) in [4.78, 5) is 41.6. The van der Waals surface area contributed by atoms with Gasteiger partial charge in [-0.05, 0) is 69.3 Å². The Labute approximate surface area is 239 Å². The first-order valence-electron chi connectivity index (χ1n) is 13.3. The largest absolute Gasteiger partial charge is 0.461 e. The molecule has 6 atom stereocenters. The molecular formula is C25H32FN6O9P. The van der Waals surface area contributed by atoms with Gasteiger partial charge in [0.25, 0.3) is 5.56 Å². The van der Waals surface area contributed by atoms with Gasteiger partial charge in [-0.3, -0.25) is 23.7 Å². The van der Waals surface area contributed by atoms with E-state index < -0.39 is 67.4 Å². The van der Waals surface area contributed by atoms with E-state index >= 15 is 0 Å². The van der Waals surface area contributed by atoms with Crippen LogP contribution in [0.4, 0.5) is 4.39 Å². The van der Waals surface area contributed by atoms with E-state index in [1.54, 1.807) is 0 Å². The van der Waals surface area contributed by atoms with E-state index in [0.29, 0.717) is 0 Å². The predicted octanol–water partition coefficient (Wildman–Crippen LogP) is 3.06. The zero-order valence-electron chi connectivity index (χ0n) is 22.9. The van der Waals surface area contributed by atoms with Gasteiger partial charge in [-0.25, -0.2) is 13.8 Å². The maximum Gasteiger partial charge on any atom is 0.459 e. The lowest BCUT2D eigenvalue weighted by atomic mass is 9.93. The number of benzene rings is 1. The standard InChI is InChI=1S/C25H32FN6O9P/c1-15(22(35)39-17-6-4-3-5-7-17)29-42(37,41-18-10-8-16(26)9-11-18)38-14-19-21(34)25(2,30-31-27)23(40-19)32-13-12-20(33)28-24(32)36/h8-13,15,17,19,21,23,34H,3-7,14H2,1-2H3,(H,29,37)(H,28,33,36)/t15-,19+,21+,23?,25+,42?/m0/s1. The second-order valence-corrected chi connectivity index (χ2v) is 12.0. The number of carbonyl (C=O) groups is 1. The van der Waals surface area contributed by atoms with Crippen LogP contribution in [0.25, 0.3) is 10.4 Å². The van der Waals surface area contributed by atoms with Crippen molar-refractivity contribution in [1.82, 2.24) is 14.6 Å². The molecule has 0 bridgehead atoms. The lowest BCUT2D eigenvalue weighted by molar-refractivity contribution is -0.152. The minimum Gasteiger partial charge on any atom is -0.461 e. The molecule has 2 heterocycles. The van der Waals surface area contributed by atoms with Crippen LogP contribution >= 0.6 is 7.75 Å². The highest BCUT2D eigenvalue weighted by molar-refractivity contribution is 7.52. The van der Waals surface area contributed by atoms with Crippen molar-refractivity contribution in [3.63, 3.8) is 0 Å². The normalized spacial score (nSPS) is 26.5. The van der Waals surface area contributed by atoms with Crippen molar-refractivity contribution in [3.8, 4) is 5.75 Å². The summed E-state index contributed by atoms with van der Waals surface area (Å²) in [6, 6.07) is 4.44. The number of hydrogen-bond donors (Lipinski definition) is 3. The summed E-state index contributed by atoms with van der Waals surface area (Å²) in [5.74, 6) is -1.30. The van der Waals surface area contributed by atoms with E-state index in [2.05, 4.69) is 20.1 Å². The maximum absolute atomic E-state index is 13.9. The Morgan fingerprint density at radius 3 is 2.64 bits per heavy atom. The number of H-pyrrole nitrogens is 1. The van der Waals surface area contributed by atoms with Gasteiger partial charge in [0.2, 0.25) is 0 Å². The number of esters is 1. The van der Waals surface area contributed by atoms with Crippen molar-refractivity contribution in [2.24, 2.45) is 5.11 Å². The van der Waals surface area contributed by atoms with E-state index in [1.807, 2.05) is 0 Å². The topological polar surface area (TPSA) is 207 Å². The molecule has 1 aliphatic carbocycles. The number of halogens is 1. The smallest absolute Gasteiger partial charge is 0.459 e. The minimum absolute atomic E-state index is 0.0513. The third-order valence-electron chi connectivity index (χ3n) is 7.11. The fourth-order valence-corrected chi connectivity index (χ4v) is 6.33. The highest BCUT2D eigenvalue weighted by Crippen LogP contribution is 2.47. The molecule has 15 nitrogen and oxygen atoms in total. The maximum atomic E-state index is 13.9. The molecule has 1 saturated heterocycles. The van der Waals surface area contributed by atoms with Crippen molar-refractivity contribution in [1.29, 1.82) is 0 Å². The monoisotopic (exact) mass is 610 g/mol. The third kappa shape index (κ3) is 7.27. The molecule has 2 aromatic rings. The van der Waals surface area contributed by atoms with Crippen LogP contribution in [-0.2, 0) is 23.4 Å². The Bertz CT molecular complexity index is 1470. The Kier molecular flexibility index (Phi) is 9.87. The SMILES string of the molecule is C[C@H](NP(=O)(OC[C@H]1OC(n2ccc(=O)[nH]c2=O)[C@](C)(N=[N+]=[N-])[C@@H]1O)Oc1ccc(F)cc1)C(=O)OC1CCCCC1. The Morgan fingerprint density at radius 2 is 2.00 bits per heavy atom. The molecule has 0 amide bonds. The number of aromatic nitrogens is 2. The second-order valence-electron chi connectivity index (χ2n) is 10.3. The number of carbonyl (C=O) groups excluding carboxylic acids is 1. The fourth-order valence-electron chi connectivity index (χ4n) is 4.83. The Hall–Kier alpha value is -3.52. The Balaban J connectivity index is 1.54. The molecule has 1 aromatic heterocycles. The number of rotatable bonds is 11. The summed E-state index contributed by atoms with van der Waals surface area (Å²) >= 11 is 0. The van der Waals surface area contributed by atoms with E-state index in [-0.39, 0.29) is 11.9 Å². The summed E-state index contributed by atoms with van der Waals surface area (Å²) < 4.78 is 50.8. The molecule has 17 heteroatoms. The first-order valence-corrected chi connectivity index (χ1v) is 14.9. The van der Waals surface area contributed by atoms with Crippen LogP contribution in [0.3, 0.4) is 0 Å². The van der Waals surface area contributed by atoms with E-state index in [4.69, 9.17) is 24.1 Å². The van der Waals surface area contributed by atoms with Gasteiger partial charge in [-0.15, -0.1) is 0 Å². The van der Waals surface area contributed by atoms with Gasteiger partial charge in [0.15, 0.2) is 6.23 Å². The van der Waals surface area contributed by atoms with Crippen LogP contribution in [0.5, 0.6) is 5.75 Å². The van der Waals surface area contributed by atoms with Crippen molar-refractivity contribution in [2.75, 3.05) is 6.61 Å². The van der Waals surface area contributed by atoms with E-state index in [9.17, 15) is 28.4 Å². The molecule has 2 unspecified atom stereocenters. The minimum atomic E-state index is -4.45. The van der Waals surface area contributed by atoms with Crippen molar-refractivity contribution < 1.29 is 37.4 Å². The summed E-state index contributed by atoms with van der Waals surface area (Å²) in [6.45, 7) is 2.10. The molecule has 1 saturated carbocycles. The van der Waals surface area contributed by atoms with Crippen LogP contribution in [0.15, 0.2) is 51.2 Å². The number of aromatic amines is 1. The summed E-state index contributed by atoms with van der Waals surface area (Å²) in [6.07, 6.45) is 0.889. The summed E-state index contributed by atoms with van der Waals surface area (Å²) in [7, 11) is -4.45. The summed E-state index contributed by atoms with van der Waals surface area (Å²) in [5, 5.41) is 17.2. The fraction of sp³-hybridized carbons (Fsp3) is 0.560. The average molecular weight is 611 g/mol. The first-order chi connectivity index (χ1) is 19.9. The number of aliphatic hydroxyl groups excluding tert-OH is 1. The van der Waals surface area contributed by atoms with Crippen molar-refractivity contribution in [3.05, 3.63) is 73.6 Å². The molecule has 42 heavy (non-hydrogen) atoms. The van der Waals surface area contributed by atoms with Gasteiger partial charge in [0.1, 0.15) is 35.4 Å². The van der Waals surface area contributed by atoms with Crippen molar-refractivity contribution >= 4 is 13.7 Å². The number of nitrogens with zero attached hydrogens (tertiary/aromatic N) is 4. The molecule has 0 spiro atoms. The predicted molar refractivity (Wildman–Crippen MR) is 145 cm³/mol. The molecule has 3 N–H and O–H groups in total. The zero-order chi connectivity index (χ0) is 30.5. The molecule has 2 aliphatic rings. The highest BCUT2D eigenvalue weighted by Gasteiger charge is 2.55. The van der Waals surface area contributed by atoms with Crippen LogP contribution in [0, 0.1) is 5.82 Å². The van der Waals surface area contributed by atoms with Crippen LogP contribution in [-0.4, -0.2) is 57.1 Å². The molecule has 2 fully saturated rings. The van der Waals surface area contributed by atoms with Crippen LogP contribution in [0.2, 0.25) is 0 Å². The summed E-state index contributed by atoms with van der Waals surface area (Å²) in [5.41, 5.74) is 5.82. The molecule has 1 aliphatic heterocycles.